The number of alkyl carbamates (subject to hydrolysis) is 1. The summed E-state index contributed by atoms with van der Waals surface area (Å²) in [5.41, 5.74) is 4.84. The van der Waals surface area contributed by atoms with E-state index in [-0.39, 0.29) is 12.0 Å². The smallest absolute Gasteiger partial charge is 0.408 e. The molecule has 1 aliphatic carbocycles. The van der Waals surface area contributed by atoms with Crippen LogP contribution < -0.4 is 11.1 Å². The number of rotatable bonds is 3. The third kappa shape index (κ3) is 6.22. The number of nitrogens with two attached hydrogens (primary N) is 1. The monoisotopic (exact) mass is 314 g/mol. The second kappa shape index (κ2) is 6.86. The standard InChI is InChI=1S/C16H30N2O4/c1-15(2,3)21-13(19)12(10-8-7-9-11(10)17)18-14(20)22-16(4,5)6/h10-12H,7-9,17H2,1-6H3,(H,18,20)/t10-,11+,12-/m1/s1. The summed E-state index contributed by atoms with van der Waals surface area (Å²) in [4.78, 5) is 24.5. The number of amides is 1. The molecule has 128 valence electrons. The van der Waals surface area contributed by atoms with Crippen LogP contribution in [0, 0.1) is 5.92 Å². The Morgan fingerprint density at radius 3 is 2.00 bits per heavy atom. The van der Waals surface area contributed by atoms with Crippen LogP contribution in [0.1, 0.15) is 60.8 Å². The Hall–Kier alpha value is -1.30. The fourth-order valence-electron chi connectivity index (χ4n) is 2.57. The van der Waals surface area contributed by atoms with Crippen LogP contribution in [-0.2, 0) is 14.3 Å². The van der Waals surface area contributed by atoms with Gasteiger partial charge >= 0.3 is 12.1 Å². The minimum absolute atomic E-state index is 0.118. The van der Waals surface area contributed by atoms with Crippen LogP contribution in [0.4, 0.5) is 4.79 Å². The highest BCUT2D eigenvalue weighted by Crippen LogP contribution is 2.28. The van der Waals surface area contributed by atoms with E-state index in [0.29, 0.717) is 0 Å². The molecular weight excluding hydrogens is 284 g/mol. The Kier molecular flexibility index (Phi) is 5.84. The number of hydrogen-bond donors (Lipinski definition) is 2. The Bertz CT molecular complexity index is 409. The Morgan fingerprint density at radius 1 is 1.05 bits per heavy atom. The van der Waals surface area contributed by atoms with Gasteiger partial charge in [-0.1, -0.05) is 6.42 Å². The predicted octanol–water partition coefficient (Wildman–Crippen LogP) is 2.35. The van der Waals surface area contributed by atoms with E-state index in [1.165, 1.54) is 0 Å². The van der Waals surface area contributed by atoms with Gasteiger partial charge in [0, 0.05) is 12.0 Å². The molecule has 6 nitrogen and oxygen atoms in total. The lowest BCUT2D eigenvalue weighted by Gasteiger charge is -2.30. The molecule has 0 aromatic carbocycles. The summed E-state index contributed by atoms with van der Waals surface area (Å²) in [7, 11) is 0. The Labute approximate surface area is 133 Å². The first-order valence-corrected chi connectivity index (χ1v) is 7.87. The molecular formula is C16H30N2O4. The Morgan fingerprint density at radius 2 is 1.59 bits per heavy atom. The maximum Gasteiger partial charge on any atom is 0.408 e. The summed E-state index contributed by atoms with van der Waals surface area (Å²) in [6, 6.07) is -0.890. The molecule has 3 N–H and O–H groups in total. The summed E-state index contributed by atoms with van der Waals surface area (Å²) in [5.74, 6) is -0.580. The van der Waals surface area contributed by atoms with Gasteiger partial charge in [0.2, 0.25) is 0 Å². The lowest BCUT2D eigenvalue weighted by molar-refractivity contribution is -0.159. The van der Waals surface area contributed by atoms with Crippen molar-refractivity contribution in [1.29, 1.82) is 0 Å². The minimum atomic E-state index is -0.772. The zero-order valence-electron chi connectivity index (χ0n) is 14.6. The molecule has 6 heteroatoms. The molecule has 0 bridgehead atoms. The normalized spacial score (nSPS) is 23.8. The van der Waals surface area contributed by atoms with E-state index in [1.807, 2.05) is 0 Å². The van der Waals surface area contributed by atoms with Crippen molar-refractivity contribution in [2.75, 3.05) is 0 Å². The quantitative estimate of drug-likeness (QED) is 0.780. The molecule has 3 atom stereocenters. The summed E-state index contributed by atoms with van der Waals surface area (Å²) >= 11 is 0. The van der Waals surface area contributed by atoms with Crippen molar-refractivity contribution in [3.63, 3.8) is 0 Å². The first-order valence-electron chi connectivity index (χ1n) is 7.87. The summed E-state index contributed by atoms with van der Waals surface area (Å²) in [6.45, 7) is 10.7. The molecule has 0 aliphatic heterocycles. The SMILES string of the molecule is CC(C)(C)OC(=O)N[C@@H](C(=O)OC(C)(C)C)[C@@H]1CCC[C@@H]1N. The van der Waals surface area contributed by atoms with Crippen LogP contribution in [-0.4, -0.2) is 35.3 Å². The van der Waals surface area contributed by atoms with Crippen LogP contribution >= 0.6 is 0 Å². The van der Waals surface area contributed by atoms with Gasteiger partial charge in [0.05, 0.1) is 0 Å². The van der Waals surface area contributed by atoms with Crippen molar-refractivity contribution in [2.45, 2.75) is 84.1 Å². The van der Waals surface area contributed by atoms with Gasteiger partial charge in [-0.2, -0.15) is 0 Å². The molecule has 0 saturated heterocycles. The van der Waals surface area contributed by atoms with E-state index < -0.39 is 29.3 Å². The highest BCUT2D eigenvalue weighted by atomic mass is 16.6. The second-order valence-electron chi connectivity index (χ2n) is 7.92. The summed E-state index contributed by atoms with van der Waals surface area (Å²) < 4.78 is 10.7. The average molecular weight is 314 g/mol. The fourth-order valence-corrected chi connectivity index (χ4v) is 2.57. The Balaban J connectivity index is 2.82. The first kappa shape index (κ1) is 18.7. The number of carbonyl (C=O) groups excluding carboxylic acids is 2. The largest absolute Gasteiger partial charge is 0.458 e. The first-order chi connectivity index (χ1) is 9.89. The number of ether oxygens (including phenoxy) is 2. The number of hydrogen-bond acceptors (Lipinski definition) is 5. The highest BCUT2D eigenvalue weighted by molar-refractivity contribution is 5.82. The molecule has 0 aromatic heterocycles. The summed E-state index contributed by atoms with van der Waals surface area (Å²) in [5, 5.41) is 2.65. The van der Waals surface area contributed by atoms with Crippen LogP contribution in [0.5, 0.6) is 0 Å². The topological polar surface area (TPSA) is 90.6 Å². The molecule has 0 spiro atoms. The van der Waals surface area contributed by atoms with Crippen molar-refractivity contribution in [1.82, 2.24) is 5.32 Å². The van der Waals surface area contributed by atoms with Crippen molar-refractivity contribution >= 4 is 12.1 Å². The van der Waals surface area contributed by atoms with Crippen molar-refractivity contribution in [3.05, 3.63) is 0 Å². The van der Waals surface area contributed by atoms with Crippen LogP contribution in [0.15, 0.2) is 0 Å². The molecule has 1 rings (SSSR count). The third-order valence-electron chi connectivity index (χ3n) is 3.39. The van der Waals surface area contributed by atoms with Gasteiger partial charge in [-0.15, -0.1) is 0 Å². The number of nitrogens with one attached hydrogen (secondary N) is 1. The van der Waals surface area contributed by atoms with Gasteiger partial charge in [-0.3, -0.25) is 0 Å². The molecule has 0 aromatic rings. The average Bonchev–Trinajstić information content (AvgIpc) is 2.67. The van der Waals surface area contributed by atoms with Crippen molar-refractivity contribution in [3.8, 4) is 0 Å². The van der Waals surface area contributed by atoms with Gasteiger partial charge in [-0.25, -0.2) is 9.59 Å². The van der Waals surface area contributed by atoms with Crippen LogP contribution in [0.2, 0.25) is 0 Å². The van der Waals surface area contributed by atoms with E-state index in [9.17, 15) is 9.59 Å². The minimum Gasteiger partial charge on any atom is -0.458 e. The molecule has 0 radical (unpaired) electrons. The van der Waals surface area contributed by atoms with Gasteiger partial charge in [0.1, 0.15) is 17.2 Å². The third-order valence-corrected chi connectivity index (χ3v) is 3.39. The van der Waals surface area contributed by atoms with E-state index >= 15 is 0 Å². The van der Waals surface area contributed by atoms with Crippen LogP contribution in [0.3, 0.4) is 0 Å². The molecule has 0 heterocycles. The molecule has 1 saturated carbocycles. The zero-order valence-corrected chi connectivity index (χ0v) is 14.6. The van der Waals surface area contributed by atoms with E-state index in [4.69, 9.17) is 15.2 Å². The summed E-state index contributed by atoms with van der Waals surface area (Å²) in [6.07, 6.45) is 1.96. The number of carbonyl (C=O) groups is 2. The van der Waals surface area contributed by atoms with Gasteiger partial charge in [0.25, 0.3) is 0 Å². The van der Waals surface area contributed by atoms with Crippen molar-refractivity contribution < 1.29 is 19.1 Å². The predicted molar refractivity (Wildman–Crippen MR) is 84.3 cm³/mol. The number of esters is 1. The zero-order chi connectivity index (χ0) is 17.1. The lowest BCUT2D eigenvalue weighted by atomic mass is 9.94. The molecule has 1 fully saturated rings. The molecule has 1 aliphatic rings. The van der Waals surface area contributed by atoms with Gasteiger partial charge in [0.15, 0.2) is 0 Å². The maximum absolute atomic E-state index is 12.4. The van der Waals surface area contributed by atoms with E-state index in [2.05, 4.69) is 5.32 Å². The van der Waals surface area contributed by atoms with Crippen molar-refractivity contribution in [2.24, 2.45) is 11.7 Å². The molecule has 0 unspecified atom stereocenters. The highest BCUT2D eigenvalue weighted by Gasteiger charge is 2.39. The molecule has 22 heavy (non-hydrogen) atoms. The molecule has 1 amide bonds. The lowest BCUT2D eigenvalue weighted by Crippen LogP contribution is -2.52. The van der Waals surface area contributed by atoms with Gasteiger partial charge in [-0.05, 0) is 54.4 Å². The maximum atomic E-state index is 12.4. The van der Waals surface area contributed by atoms with E-state index in [1.54, 1.807) is 41.5 Å². The second-order valence-corrected chi connectivity index (χ2v) is 7.92. The van der Waals surface area contributed by atoms with Gasteiger partial charge < -0.3 is 20.5 Å². The van der Waals surface area contributed by atoms with Crippen LogP contribution in [0.25, 0.3) is 0 Å². The van der Waals surface area contributed by atoms with E-state index in [0.717, 1.165) is 19.3 Å². The fraction of sp³-hybridized carbons (Fsp3) is 0.875.